The van der Waals surface area contributed by atoms with Gasteiger partial charge in [0, 0.05) is 19.1 Å². The van der Waals surface area contributed by atoms with Gasteiger partial charge in [0.25, 0.3) is 0 Å². The summed E-state index contributed by atoms with van der Waals surface area (Å²) in [5.74, 6) is 0. The first-order chi connectivity index (χ1) is 7.50. The van der Waals surface area contributed by atoms with Crippen molar-refractivity contribution < 1.29 is 8.42 Å². The second-order valence-electron chi connectivity index (χ2n) is 4.47. The van der Waals surface area contributed by atoms with Gasteiger partial charge in [0.2, 0.25) is 10.0 Å². The average molecular weight is 246 g/mol. The van der Waals surface area contributed by atoms with E-state index in [0.29, 0.717) is 13.1 Å². The van der Waals surface area contributed by atoms with Gasteiger partial charge in [0.15, 0.2) is 0 Å². The first kappa shape index (κ1) is 13.7. The molecule has 0 aromatic carbocycles. The van der Waals surface area contributed by atoms with Crippen LogP contribution in [0.1, 0.15) is 26.7 Å². The largest absolute Gasteiger partial charge is 0.315 e. The zero-order valence-corrected chi connectivity index (χ0v) is 11.0. The fourth-order valence-electron chi connectivity index (χ4n) is 2.00. The van der Waals surface area contributed by atoms with Gasteiger partial charge < -0.3 is 5.32 Å². The Morgan fingerprint density at radius 2 is 2.25 bits per heavy atom. The molecule has 1 saturated heterocycles. The molecule has 4 nitrogen and oxygen atoms in total. The van der Waals surface area contributed by atoms with E-state index in [2.05, 4.69) is 11.9 Å². The van der Waals surface area contributed by atoms with E-state index in [0.717, 1.165) is 19.4 Å². The van der Waals surface area contributed by atoms with Gasteiger partial charge in [-0.05, 0) is 33.2 Å². The minimum absolute atomic E-state index is 0.00933. The standard InChI is InChI=1S/C11H22N2O2S/c1-4-8-13(10(2)3)16(14,15)11-6-5-7-12-9-11/h4,10-12H,1,5-9H2,2-3H3. The smallest absolute Gasteiger partial charge is 0.218 e. The molecule has 5 heteroatoms. The first-order valence-electron chi connectivity index (χ1n) is 5.82. The number of hydrogen-bond acceptors (Lipinski definition) is 3. The molecule has 1 heterocycles. The average Bonchev–Trinajstić information content (AvgIpc) is 2.26. The number of piperidine rings is 1. The molecule has 0 bridgehead atoms. The Hall–Kier alpha value is -0.390. The van der Waals surface area contributed by atoms with Crippen molar-refractivity contribution in [1.82, 2.24) is 9.62 Å². The summed E-state index contributed by atoms with van der Waals surface area (Å²) in [6, 6.07) is -0.00933. The van der Waals surface area contributed by atoms with Crippen LogP contribution in [0.5, 0.6) is 0 Å². The van der Waals surface area contributed by atoms with E-state index in [1.54, 1.807) is 6.08 Å². The third-order valence-electron chi connectivity index (χ3n) is 2.88. The molecule has 1 aliphatic rings. The van der Waals surface area contributed by atoms with Crippen molar-refractivity contribution in [1.29, 1.82) is 0 Å². The van der Waals surface area contributed by atoms with Crippen molar-refractivity contribution in [2.45, 2.75) is 38.0 Å². The Morgan fingerprint density at radius 1 is 1.56 bits per heavy atom. The summed E-state index contributed by atoms with van der Waals surface area (Å²) in [6.45, 7) is 9.32. The van der Waals surface area contributed by atoms with E-state index < -0.39 is 10.0 Å². The van der Waals surface area contributed by atoms with Gasteiger partial charge in [0.05, 0.1) is 5.25 Å². The summed E-state index contributed by atoms with van der Waals surface area (Å²) >= 11 is 0. The molecular weight excluding hydrogens is 224 g/mol. The van der Waals surface area contributed by atoms with Gasteiger partial charge in [-0.3, -0.25) is 0 Å². The number of rotatable bonds is 5. The highest BCUT2D eigenvalue weighted by Gasteiger charge is 2.33. The zero-order valence-electron chi connectivity index (χ0n) is 10.1. The van der Waals surface area contributed by atoms with Gasteiger partial charge in [-0.15, -0.1) is 6.58 Å². The first-order valence-corrected chi connectivity index (χ1v) is 7.32. The molecule has 0 saturated carbocycles. The van der Waals surface area contributed by atoms with E-state index in [1.165, 1.54) is 4.31 Å². The van der Waals surface area contributed by atoms with Crippen LogP contribution in [0, 0.1) is 0 Å². The minimum atomic E-state index is -3.19. The Bertz CT molecular complexity index is 319. The zero-order chi connectivity index (χ0) is 12.2. The lowest BCUT2D eigenvalue weighted by atomic mass is 10.2. The molecule has 0 aromatic rings. The van der Waals surface area contributed by atoms with Crippen LogP contribution in [0.15, 0.2) is 12.7 Å². The van der Waals surface area contributed by atoms with Crippen LogP contribution < -0.4 is 5.32 Å². The molecule has 1 fully saturated rings. The van der Waals surface area contributed by atoms with E-state index in [1.807, 2.05) is 13.8 Å². The molecule has 1 unspecified atom stereocenters. The second-order valence-corrected chi connectivity index (χ2v) is 6.63. The molecule has 0 amide bonds. The van der Waals surface area contributed by atoms with Gasteiger partial charge in [-0.1, -0.05) is 6.08 Å². The molecule has 1 N–H and O–H groups in total. The number of nitrogens with one attached hydrogen (secondary N) is 1. The third kappa shape index (κ3) is 3.06. The number of hydrogen-bond donors (Lipinski definition) is 1. The normalized spacial score (nSPS) is 22.6. The molecule has 1 rings (SSSR count). The second kappa shape index (κ2) is 5.80. The molecule has 0 radical (unpaired) electrons. The summed E-state index contributed by atoms with van der Waals surface area (Å²) < 4.78 is 26.2. The van der Waals surface area contributed by atoms with Crippen molar-refractivity contribution in [3.05, 3.63) is 12.7 Å². The van der Waals surface area contributed by atoms with Crippen LogP contribution in [-0.4, -0.2) is 43.6 Å². The Balaban J connectivity index is 2.83. The fourth-order valence-corrected chi connectivity index (χ4v) is 4.08. The number of nitrogens with zero attached hydrogens (tertiary/aromatic N) is 1. The lowest BCUT2D eigenvalue weighted by molar-refractivity contribution is 0.367. The molecule has 0 aliphatic carbocycles. The molecule has 94 valence electrons. The van der Waals surface area contributed by atoms with Crippen LogP contribution in [0.2, 0.25) is 0 Å². The van der Waals surface area contributed by atoms with Crippen LogP contribution in [0.4, 0.5) is 0 Å². The van der Waals surface area contributed by atoms with Gasteiger partial charge in [-0.2, -0.15) is 4.31 Å². The summed E-state index contributed by atoms with van der Waals surface area (Å²) in [5, 5.41) is 2.87. The molecule has 0 aromatic heterocycles. The highest BCUT2D eigenvalue weighted by molar-refractivity contribution is 7.89. The maximum absolute atomic E-state index is 12.4. The molecule has 16 heavy (non-hydrogen) atoms. The lowest BCUT2D eigenvalue weighted by Gasteiger charge is -2.31. The highest BCUT2D eigenvalue weighted by atomic mass is 32.2. The Labute approximate surface area is 98.8 Å². The predicted octanol–water partition coefficient (Wildman–Crippen LogP) is 0.965. The maximum atomic E-state index is 12.4. The van der Waals surface area contributed by atoms with Crippen LogP contribution in [0.25, 0.3) is 0 Å². The fraction of sp³-hybridized carbons (Fsp3) is 0.818. The van der Waals surface area contributed by atoms with E-state index in [4.69, 9.17) is 0 Å². The summed E-state index contributed by atoms with van der Waals surface area (Å²) in [7, 11) is -3.19. The monoisotopic (exact) mass is 246 g/mol. The summed E-state index contributed by atoms with van der Waals surface area (Å²) in [5.41, 5.74) is 0. The van der Waals surface area contributed by atoms with E-state index >= 15 is 0 Å². The van der Waals surface area contributed by atoms with Crippen molar-refractivity contribution in [3.63, 3.8) is 0 Å². The lowest BCUT2D eigenvalue weighted by Crippen LogP contribution is -2.48. The summed E-state index contributed by atoms with van der Waals surface area (Å²) in [4.78, 5) is 0. The van der Waals surface area contributed by atoms with Gasteiger partial charge >= 0.3 is 0 Å². The van der Waals surface area contributed by atoms with Crippen molar-refractivity contribution in [2.24, 2.45) is 0 Å². The highest BCUT2D eigenvalue weighted by Crippen LogP contribution is 2.18. The van der Waals surface area contributed by atoms with Crippen LogP contribution in [0.3, 0.4) is 0 Å². The van der Waals surface area contributed by atoms with Crippen molar-refractivity contribution in [3.8, 4) is 0 Å². The topological polar surface area (TPSA) is 49.4 Å². The van der Waals surface area contributed by atoms with E-state index in [-0.39, 0.29) is 11.3 Å². The SMILES string of the molecule is C=CCN(C(C)C)S(=O)(=O)C1CCCNC1. The predicted molar refractivity (Wildman–Crippen MR) is 66.9 cm³/mol. The number of sulfonamides is 1. The van der Waals surface area contributed by atoms with E-state index in [9.17, 15) is 8.42 Å². The molecule has 0 spiro atoms. The molecule has 1 aliphatic heterocycles. The Kier molecular flexibility index (Phi) is 4.95. The van der Waals surface area contributed by atoms with Crippen molar-refractivity contribution in [2.75, 3.05) is 19.6 Å². The van der Waals surface area contributed by atoms with Crippen LogP contribution >= 0.6 is 0 Å². The van der Waals surface area contributed by atoms with Crippen molar-refractivity contribution >= 4 is 10.0 Å². The quantitative estimate of drug-likeness (QED) is 0.735. The summed E-state index contributed by atoms with van der Waals surface area (Å²) in [6.07, 6.45) is 3.34. The Morgan fingerprint density at radius 3 is 2.69 bits per heavy atom. The molecular formula is C11H22N2O2S. The maximum Gasteiger partial charge on any atom is 0.218 e. The van der Waals surface area contributed by atoms with Gasteiger partial charge in [0.1, 0.15) is 0 Å². The minimum Gasteiger partial charge on any atom is -0.315 e. The van der Waals surface area contributed by atoms with Gasteiger partial charge in [-0.25, -0.2) is 8.42 Å². The third-order valence-corrected chi connectivity index (χ3v) is 5.35. The van der Waals surface area contributed by atoms with Crippen LogP contribution in [-0.2, 0) is 10.0 Å². The molecule has 1 atom stereocenters.